The molecular weight excluding hydrogens is 375 g/mol. The molecule has 144 valence electrons. The van der Waals surface area contributed by atoms with Gasteiger partial charge >= 0.3 is 0 Å². The van der Waals surface area contributed by atoms with Gasteiger partial charge in [0, 0.05) is 7.05 Å². The number of nitrogens with zero attached hydrogens (tertiary/aromatic N) is 4. The molecule has 10 heteroatoms. The number of benzene rings is 2. The van der Waals surface area contributed by atoms with Gasteiger partial charge in [0.25, 0.3) is 5.91 Å². The lowest BCUT2D eigenvalue weighted by molar-refractivity contribution is -0.116. The van der Waals surface area contributed by atoms with E-state index >= 15 is 0 Å². The molecule has 3 aromatic rings. The number of hydrogen-bond donors (Lipinski definition) is 1. The molecule has 2 aromatic carbocycles. The minimum absolute atomic E-state index is 0.00170. The summed E-state index contributed by atoms with van der Waals surface area (Å²) in [6.45, 7) is -0.463. The van der Waals surface area contributed by atoms with Crippen molar-refractivity contribution in [2.75, 3.05) is 18.9 Å². The Labute approximate surface area is 157 Å². The third kappa shape index (κ3) is 4.00. The molecule has 0 saturated carbocycles. The van der Waals surface area contributed by atoms with E-state index in [9.17, 15) is 22.8 Å². The predicted molar refractivity (Wildman–Crippen MR) is 93.3 cm³/mol. The summed E-state index contributed by atoms with van der Waals surface area (Å²) in [5.41, 5.74) is 0.119. The Hall–Kier alpha value is -3.69. The van der Waals surface area contributed by atoms with Gasteiger partial charge in [0.05, 0.1) is 24.1 Å². The van der Waals surface area contributed by atoms with Crippen LogP contribution in [0.5, 0.6) is 0 Å². The highest BCUT2D eigenvalue weighted by Gasteiger charge is 2.20. The fraction of sp³-hybridized carbons (Fsp3) is 0.111. The molecule has 2 amide bonds. The number of rotatable bonds is 5. The van der Waals surface area contributed by atoms with E-state index < -0.39 is 41.5 Å². The highest BCUT2D eigenvalue weighted by atomic mass is 19.2. The summed E-state index contributed by atoms with van der Waals surface area (Å²) in [7, 11) is 1.34. The zero-order valence-electron chi connectivity index (χ0n) is 14.6. The number of anilines is 1. The third-order valence-corrected chi connectivity index (χ3v) is 3.73. The van der Waals surface area contributed by atoms with E-state index in [2.05, 4.69) is 15.5 Å². The number of para-hydroxylation sites is 1. The van der Waals surface area contributed by atoms with E-state index in [1.165, 1.54) is 18.0 Å². The number of aromatic nitrogens is 3. The second kappa shape index (κ2) is 7.91. The second-order valence-corrected chi connectivity index (χ2v) is 5.79. The maximum atomic E-state index is 13.6. The van der Waals surface area contributed by atoms with E-state index in [-0.39, 0.29) is 5.69 Å². The summed E-state index contributed by atoms with van der Waals surface area (Å²) >= 11 is 0. The zero-order chi connectivity index (χ0) is 20.3. The van der Waals surface area contributed by atoms with Crippen molar-refractivity contribution in [1.82, 2.24) is 19.9 Å². The monoisotopic (exact) mass is 389 g/mol. The third-order valence-electron chi connectivity index (χ3n) is 3.73. The molecule has 0 bridgehead atoms. The Bertz CT molecular complexity index is 1020. The number of likely N-dealkylation sites (N-methyl/N-ethyl adjacent to an activating group) is 1. The molecule has 0 spiro atoms. The second-order valence-electron chi connectivity index (χ2n) is 5.79. The first-order valence-corrected chi connectivity index (χ1v) is 8.03. The minimum atomic E-state index is -1.69. The summed E-state index contributed by atoms with van der Waals surface area (Å²) in [4.78, 5) is 26.7. The van der Waals surface area contributed by atoms with E-state index in [4.69, 9.17) is 0 Å². The first kappa shape index (κ1) is 19.1. The van der Waals surface area contributed by atoms with Crippen molar-refractivity contribution in [3.63, 3.8) is 0 Å². The van der Waals surface area contributed by atoms with E-state index in [0.717, 1.165) is 11.0 Å². The van der Waals surface area contributed by atoms with Crippen molar-refractivity contribution in [2.45, 2.75) is 0 Å². The molecule has 0 atom stereocenters. The van der Waals surface area contributed by atoms with Gasteiger partial charge in [-0.3, -0.25) is 9.59 Å². The predicted octanol–water partition coefficient (Wildman–Crippen LogP) is 2.40. The summed E-state index contributed by atoms with van der Waals surface area (Å²) < 4.78 is 39.8. The number of carbonyl (C=O) groups is 2. The zero-order valence-corrected chi connectivity index (χ0v) is 14.6. The lowest BCUT2D eigenvalue weighted by Crippen LogP contribution is -2.35. The molecule has 0 saturated heterocycles. The molecule has 0 unspecified atom stereocenters. The van der Waals surface area contributed by atoms with Gasteiger partial charge < -0.3 is 10.2 Å². The Kier molecular flexibility index (Phi) is 5.39. The fourth-order valence-corrected chi connectivity index (χ4v) is 2.34. The summed E-state index contributed by atoms with van der Waals surface area (Å²) in [6, 6.07) is 10.5. The average molecular weight is 389 g/mol. The summed E-state index contributed by atoms with van der Waals surface area (Å²) in [5.74, 6) is -5.98. The van der Waals surface area contributed by atoms with Crippen LogP contribution in [0.4, 0.5) is 18.9 Å². The fourth-order valence-electron chi connectivity index (χ4n) is 2.34. The average Bonchev–Trinajstić information content (AvgIpc) is 3.18. The quantitative estimate of drug-likeness (QED) is 0.680. The number of halogens is 3. The van der Waals surface area contributed by atoms with Crippen molar-refractivity contribution >= 4 is 17.5 Å². The summed E-state index contributed by atoms with van der Waals surface area (Å²) in [5, 5.41) is 10.1. The molecule has 0 aliphatic heterocycles. The largest absolute Gasteiger partial charge is 0.331 e. The van der Waals surface area contributed by atoms with Crippen molar-refractivity contribution in [3.8, 4) is 5.69 Å². The van der Waals surface area contributed by atoms with Crippen molar-refractivity contribution in [2.24, 2.45) is 0 Å². The van der Waals surface area contributed by atoms with Gasteiger partial charge in [-0.1, -0.05) is 18.2 Å². The van der Waals surface area contributed by atoms with Crippen LogP contribution in [-0.4, -0.2) is 45.3 Å². The van der Waals surface area contributed by atoms with Crippen LogP contribution in [0.2, 0.25) is 0 Å². The van der Waals surface area contributed by atoms with Gasteiger partial charge in [0.15, 0.2) is 23.1 Å². The number of nitrogens with one attached hydrogen (secondary N) is 1. The smallest absolute Gasteiger partial charge is 0.276 e. The lowest BCUT2D eigenvalue weighted by atomic mass is 10.2. The van der Waals surface area contributed by atoms with Crippen LogP contribution < -0.4 is 5.32 Å². The molecule has 1 heterocycles. The molecule has 0 aliphatic carbocycles. The Morgan fingerprint density at radius 1 is 1.07 bits per heavy atom. The molecule has 0 fully saturated rings. The molecule has 0 aliphatic rings. The molecule has 7 nitrogen and oxygen atoms in total. The SMILES string of the molecule is CN(CC(=O)Nc1ccc(F)c(F)c1F)C(=O)c1cnn(-c2ccccc2)n1. The van der Waals surface area contributed by atoms with Crippen molar-refractivity contribution in [3.05, 3.63) is 71.8 Å². The maximum absolute atomic E-state index is 13.6. The number of carbonyl (C=O) groups excluding carboxylic acids is 2. The maximum Gasteiger partial charge on any atom is 0.276 e. The van der Waals surface area contributed by atoms with Gasteiger partial charge in [0.1, 0.15) is 0 Å². The van der Waals surface area contributed by atoms with E-state index in [1.54, 1.807) is 24.3 Å². The Morgan fingerprint density at radius 2 is 1.79 bits per heavy atom. The van der Waals surface area contributed by atoms with Crippen LogP contribution in [-0.2, 0) is 4.79 Å². The Morgan fingerprint density at radius 3 is 2.50 bits per heavy atom. The first-order chi connectivity index (χ1) is 13.4. The van der Waals surface area contributed by atoms with Gasteiger partial charge in [-0.15, -0.1) is 5.10 Å². The first-order valence-electron chi connectivity index (χ1n) is 8.03. The highest BCUT2D eigenvalue weighted by molar-refractivity contribution is 5.98. The van der Waals surface area contributed by atoms with Crippen molar-refractivity contribution < 1.29 is 22.8 Å². The molecule has 0 radical (unpaired) electrons. The van der Waals surface area contributed by atoms with Gasteiger partial charge in [0.2, 0.25) is 5.91 Å². The molecule has 3 rings (SSSR count). The van der Waals surface area contributed by atoms with E-state index in [1.807, 2.05) is 6.07 Å². The molecule has 1 aromatic heterocycles. The summed E-state index contributed by atoms with van der Waals surface area (Å²) in [6.07, 6.45) is 1.25. The highest BCUT2D eigenvalue weighted by Crippen LogP contribution is 2.19. The van der Waals surface area contributed by atoms with Gasteiger partial charge in [-0.2, -0.15) is 9.90 Å². The van der Waals surface area contributed by atoms with Crippen LogP contribution in [0.3, 0.4) is 0 Å². The molecule has 28 heavy (non-hydrogen) atoms. The topological polar surface area (TPSA) is 80.1 Å². The van der Waals surface area contributed by atoms with Gasteiger partial charge in [-0.25, -0.2) is 13.2 Å². The van der Waals surface area contributed by atoms with Crippen LogP contribution in [0, 0.1) is 17.5 Å². The standard InChI is InChI=1S/C18H14F3N5O2/c1-25(10-15(27)23-13-8-7-12(19)16(20)17(13)21)18(28)14-9-22-26(24-14)11-5-3-2-4-6-11/h2-9H,10H2,1H3,(H,23,27). The normalized spacial score (nSPS) is 10.6. The number of hydrogen-bond acceptors (Lipinski definition) is 4. The van der Waals surface area contributed by atoms with Crippen LogP contribution in [0.25, 0.3) is 5.69 Å². The van der Waals surface area contributed by atoms with Crippen molar-refractivity contribution in [1.29, 1.82) is 0 Å². The molecule has 1 N–H and O–H groups in total. The van der Waals surface area contributed by atoms with Crippen LogP contribution >= 0.6 is 0 Å². The minimum Gasteiger partial charge on any atom is -0.331 e. The number of amides is 2. The van der Waals surface area contributed by atoms with Crippen LogP contribution in [0.15, 0.2) is 48.7 Å². The van der Waals surface area contributed by atoms with Gasteiger partial charge in [-0.05, 0) is 24.3 Å². The van der Waals surface area contributed by atoms with E-state index in [0.29, 0.717) is 11.8 Å². The van der Waals surface area contributed by atoms with Crippen LogP contribution in [0.1, 0.15) is 10.5 Å². The molecular formula is C18H14F3N5O2. The Balaban J connectivity index is 1.65. The lowest BCUT2D eigenvalue weighted by Gasteiger charge is -2.15.